The lowest BCUT2D eigenvalue weighted by molar-refractivity contribution is -0.120. The van der Waals surface area contributed by atoms with Gasteiger partial charge in [0.15, 0.2) is 0 Å². The van der Waals surface area contributed by atoms with E-state index in [9.17, 15) is 4.79 Å². The zero-order valence-corrected chi connectivity index (χ0v) is 13.7. The maximum atomic E-state index is 11.5. The second-order valence-corrected chi connectivity index (χ2v) is 6.11. The van der Waals surface area contributed by atoms with E-state index in [-0.39, 0.29) is 11.9 Å². The third-order valence-electron chi connectivity index (χ3n) is 4.44. The normalized spacial score (nSPS) is 17.6. The van der Waals surface area contributed by atoms with Gasteiger partial charge in [0.25, 0.3) is 0 Å². The minimum atomic E-state index is -0.385. The number of piperazine rings is 1. The molecule has 3 N–H and O–H groups in total. The lowest BCUT2D eigenvalue weighted by Crippen LogP contribution is -2.56. The average molecular weight is 333 g/mol. The Kier molecular flexibility index (Phi) is 4.03. The lowest BCUT2D eigenvalue weighted by Gasteiger charge is -2.32. The van der Waals surface area contributed by atoms with Crippen LogP contribution in [0.1, 0.15) is 0 Å². The highest BCUT2D eigenvalue weighted by molar-refractivity contribution is 5.93. The molecule has 6 heteroatoms. The van der Waals surface area contributed by atoms with Crippen LogP contribution in [0, 0.1) is 0 Å². The number of rotatable bonds is 3. The molecule has 1 saturated heterocycles. The van der Waals surface area contributed by atoms with E-state index in [1.165, 1.54) is 0 Å². The van der Waals surface area contributed by atoms with Crippen LogP contribution in [0.5, 0.6) is 0 Å². The minimum absolute atomic E-state index is 0.353. The summed E-state index contributed by atoms with van der Waals surface area (Å²) in [4.78, 5) is 23.1. The maximum Gasteiger partial charge on any atom is 0.236 e. The molecule has 126 valence electrons. The van der Waals surface area contributed by atoms with E-state index in [0.29, 0.717) is 19.0 Å². The third kappa shape index (κ3) is 3.04. The van der Waals surface area contributed by atoms with Crippen molar-refractivity contribution in [2.45, 2.75) is 6.04 Å². The van der Waals surface area contributed by atoms with Gasteiger partial charge in [-0.25, -0.2) is 9.97 Å². The van der Waals surface area contributed by atoms with Crippen LogP contribution < -0.4 is 16.0 Å². The Balaban J connectivity index is 1.81. The fourth-order valence-electron chi connectivity index (χ4n) is 3.14. The van der Waals surface area contributed by atoms with E-state index < -0.39 is 0 Å². The Morgan fingerprint density at radius 2 is 1.84 bits per heavy atom. The zero-order chi connectivity index (χ0) is 17.2. The van der Waals surface area contributed by atoms with E-state index in [0.717, 1.165) is 28.7 Å². The molecular formula is C19H19N5O. The molecule has 0 spiro atoms. The van der Waals surface area contributed by atoms with Crippen molar-refractivity contribution in [1.82, 2.24) is 15.3 Å². The summed E-state index contributed by atoms with van der Waals surface area (Å²) in [6, 6.07) is 17.7. The molecule has 1 aliphatic rings. The molecular weight excluding hydrogens is 314 g/mol. The Morgan fingerprint density at radius 3 is 2.64 bits per heavy atom. The van der Waals surface area contributed by atoms with Crippen molar-refractivity contribution in [3.05, 3.63) is 54.6 Å². The molecule has 1 aliphatic heterocycles. The molecule has 2 aromatic carbocycles. The first kappa shape index (κ1) is 15.5. The molecule has 3 aromatic rings. The van der Waals surface area contributed by atoms with Crippen LogP contribution in [0.25, 0.3) is 22.2 Å². The lowest BCUT2D eigenvalue weighted by atomic mass is 10.1. The van der Waals surface area contributed by atoms with Crippen LogP contribution in [0.3, 0.4) is 0 Å². The van der Waals surface area contributed by atoms with Gasteiger partial charge in [-0.3, -0.25) is 4.79 Å². The number of anilines is 1. The molecule has 2 heterocycles. The van der Waals surface area contributed by atoms with Crippen molar-refractivity contribution in [3.8, 4) is 11.3 Å². The number of amides is 1. The van der Waals surface area contributed by atoms with E-state index >= 15 is 0 Å². The summed E-state index contributed by atoms with van der Waals surface area (Å²) in [5, 5.41) is 4.14. The summed E-state index contributed by atoms with van der Waals surface area (Å²) in [5.74, 6) is 0.277. The maximum absolute atomic E-state index is 11.5. The highest BCUT2D eigenvalue weighted by Gasteiger charge is 2.25. The number of nitrogens with one attached hydrogen (secondary N) is 1. The number of nitrogens with two attached hydrogens (primary N) is 1. The molecule has 6 nitrogen and oxygen atoms in total. The molecule has 0 bridgehead atoms. The molecule has 0 radical (unpaired) electrons. The van der Waals surface area contributed by atoms with Gasteiger partial charge < -0.3 is 16.0 Å². The molecule has 0 saturated carbocycles. The SMILES string of the molecule is NC(=O)[C@@H]1CN(c2nc(-c3ccccc3)c3ccccc3n2)CCN1. The first-order chi connectivity index (χ1) is 12.2. The highest BCUT2D eigenvalue weighted by atomic mass is 16.1. The largest absolute Gasteiger partial charge is 0.368 e. The fourth-order valence-corrected chi connectivity index (χ4v) is 3.14. The zero-order valence-electron chi connectivity index (χ0n) is 13.7. The Morgan fingerprint density at radius 1 is 1.08 bits per heavy atom. The van der Waals surface area contributed by atoms with Crippen LogP contribution in [-0.4, -0.2) is 41.6 Å². The smallest absolute Gasteiger partial charge is 0.236 e. The Labute approximate surface area is 145 Å². The number of primary amides is 1. The molecule has 1 fully saturated rings. The topological polar surface area (TPSA) is 84.1 Å². The van der Waals surface area contributed by atoms with Crippen molar-refractivity contribution in [1.29, 1.82) is 0 Å². The second kappa shape index (κ2) is 6.49. The first-order valence-corrected chi connectivity index (χ1v) is 8.32. The molecule has 1 atom stereocenters. The van der Waals surface area contributed by atoms with Gasteiger partial charge in [0.1, 0.15) is 6.04 Å². The van der Waals surface area contributed by atoms with Gasteiger partial charge in [0.2, 0.25) is 11.9 Å². The summed E-state index contributed by atoms with van der Waals surface area (Å²) in [6.45, 7) is 1.88. The van der Waals surface area contributed by atoms with Gasteiger partial charge in [-0.2, -0.15) is 0 Å². The number of para-hydroxylation sites is 1. The predicted molar refractivity (Wildman–Crippen MR) is 98.2 cm³/mol. The molecule has 1 aromatic heterocycles. The van der Waals surface area contributed by atoms with Gasteiger partial charge in [0, 0.05) is 30.6 Å². The Bertz CT molecular complexity index is 912. The van der Waals surface area contributed by atoms with Crippen molar-refractivity contribution in [2.24, 2.45) is 5.73 Å². The third-order valence-corrected chi connectivity index (χ3v) is 4.44. The van der Waals surface area contributed by atoms with E-state index in [2.05, 4.69) is 5.32 Å². The number of aromatic nitrogens is 2. The number of fused-ring (bicyclic) bond motifs is 1. The van der Waals surface area contributed by atoms with Crippen LogP contribution in [0.4, 0.5) is 5.95 Å². The highest BCUT2D eigenvalue weighted by Crippen LogP contribution is 2.28. The van der Waals surface area contributed by atoms with Crippen LogP contribution in [0.2, 0.25) is 0 Å². The van der Waals surface area contributed by atoms with Gasteiger partial charge in [-0.1, -0.05) is 48.5 Å². The van der Waals surface area contributed by atoms with E-state index in [1.54, 1.807) is 0 Å². The molecule has 1 amide bonds. The number of carbonyl (C=O) groups is 1. The molecule has 25 heavy (non-hydrogen) atoms. The van der Waals surface area contributed by atoms with Gasteiger partial charge in [0.05, 0.1) is 11.2 Å². The standard InChI is InChI=1S/C19H19N5O/c20-18(25)16-12-24(11-10-21-16)19-22-15-9-5-4-8-14(15)17(23-19)13-6-2-1-3-7-13/h1-9,16,21H,10-12H2,(H2,20,25)/t16-/m0/s1. The van der Waals surface area contributed by atoms with Gasteiger partial charge >= 0.3 is 0 Å². The van der Waals surface area contributed by atoms with Crippen molar-refractivity contribution in [3.63, 3.8) is 0 Å². The van der Waals surface area contributed by atoms with Crippen molar-refractivity contribution >= 4 is 22.8 Å². The van der Waals surface area contributed by atoms with E-state index in [1.807, 2.05) is 59.5 Å². The van der Waals surface area contributed by atoms with E-state index in [4.69, 9.17) is 15.7 Å². The first-order valence-electron chi connectivity index (χ1n) is 8.32. The minimum Gasteiger partial charge on any atom is -0.368 e. The number of nitrogens with zero attached hydrogens (tertiary/aromatic N) is 3. The molecule has 0 unspecified atom stereocenters. The van der Waals surface area contributed by atoms with Crippen LogP contribution >= 0.6 is 0 Å². The number of carbonyl (C=O) groups excluding carboxylic acids is 1. The molecule has 0 aliphatic carbocycles. The summed E-state index contributed by atoms with van der Waals surface area (Å²) in [7, 11) is 0. The number of benzene rings is 2. The second-order valence-electron chi connectivity index (χ2n) is 6.11. The predicted octanol–water partition coefficient (Wildman–Crippen LogP) is 1.56. The summed E-state index contributed by atoms with van der Waals surface area (Å²) in [5.41, 5.74) is 8.28. The van der Waals surface area contributed by atoms with Crippen molar-refractivity contribution < 1.29 is 4.79 Å². The average Bonchev–Trinajstić information content (AvgIpc) is 2.68. The van der Waals surface area contributed by atoms with Crippen molar-refractivity contribution in [2.75, 3.05) is 24.5 Å². The number of hydrogen-bond acceptors (Lipinski definition) is 5. The molecule has 4 rings (SSSR count). The quantitative estimate of drug-likeness (QED) is 0.760. The number of hydrogen-bond donors (Lipinski definition) is 2. The fraction of sp³-hybridized carbons (Fsp3) is 0.211. The van der Waals surface area contributed by atoms with Crippen LogP contribution in [-0.2, 0) is 4.79 Å². The summed E-state index contributed by atoms with van der Waals surface area (Å²) >= 11 is 0. The monoisotopic (exact) mass is 333 g/mol. The van der Waals surface area contributed by atoms with Gasteiger partial charge in [-0.05, 0) is 6.07 Å². The summed E-state index contributed by atoms with van der Waals surface area (Å²) < 4.78 is 0. The van der Waals surface area contributed by atoms with Gasteiger partial charge in [-0.15, -0.1) is 0 Å². The summed E-state index contributed by atoms with van der Waals surface area (Å²) in [6.07, 6.45) is 0. The Hall–Kier alpha value is -2.99. The van der Waals surface area contributed by atoms with Crippen LogP contribution in [0.15, 0.2) is 54.6 Å².